The number of hydrogen-bond acceptors (Lipinski definition) is 3. The minimum atomic E-state index is -1.30. The number of rotatable bonds is 5. The van der Waals surface area contributed by atoms with Crippen LogP contribution in [0.3, 0.4) is 0 Å². The number of aromatic carboxylic acids is 1. The number of halogens is 1. The highest BCUT2D eigenvalue weighted by molar-refractivity contribution is 5.93. The number of hydrogen-bond donors (Lipinski definition) is 3. The molecule has 0 unspecified atom stereocenters. The first-order valence-corrected chi connectivity index (χ1v) is 6.13. The molecule has 4 N–H and O–H groups in total. The van der Waals surface area contributed by atoms with Crippen molar-refractivity contribution < 1.29 is 19.1 Å². The fourth-order valence-electron chi connectivity index (χ4n) is 1.83. The number of carboxylic acids is 1. The van der Waals surface area contributed by atoms with Crippen molar-refractivity contribution in [1.29, 1.82) is 0 Å². The van der Waals surface area contributed by atoms with Crippen LogP contribution in [0.1, 0.15) is 26.3 Å². The third-order valence-corrected chi connectivity index (χ3v) is 2.91. The van der Waals surface area contributed by atoms with Gasteiger partial charge in [-0.05, 0) is 35.9 Å². The summed E-state index contributed by atoms with van der Waals surface area (Å²) >= 11 is 0. The number of carbonyl (C=O) groups is 2. The lowest BCUT2D eigenvalue weighted by Crippen LogP contribution is -2.11. The first-order valence-electron chi connectivity index (χ1n) is 6.13. The maximum absolute atomic E-state index is 13.5. The summed E-state index contributed by atoms with van der Waals surface area (Å²) in [5.41, 5.74) is 6.43. The van der Waals surface area contributed by atoms with Gasteiger partial charge in [-0.3, -0.25) is 4.79 Å². The largest absolute Gasteiger partial charge is 0.478 e. The molecule has 0 aliphatic heterocycles. The Balaban J connectivity index is 2.10. The lowest BCUT2D eigenvalue weighted by atomic mass is 10.1. The first-order chi connectivity index (χ1) is 9.97. The van der Waals surface area contributed by atoms with Crippen LogP contribution in [0.25, 0.3) is 0 Å². The molecule has 0 atom stereocenters. The number of carbonyl (C=O) groups excluding carboxylic acids is 1. The quantitative estimate of drug-likeness (QED) is 0.786. The number of amides is 1. The lowest BCUT2D eigenvalue weighted by Gasteiger charge is -2.08. The van der Waals surface area contributed by atoms with Crippen molar-refractivity contribution in [2.75, 3.05) is 5.32 Å². The normalized spacial score (nSPS) is 10.1. The second-order valence-corrected chi connectivity index (χ2v) is 4.42. The lowest BCUT2D eigenvalue weighted by molar-refractivity contribution is 0.0691. The van der Waals surface area contributed by atoms with Crippen LogP contribution in [-0.2, 0) is 6.54 Å². The monoisotopic (exact) mass is 288 g/mol. The zero-order chi connectivity index (χ0) is 15.4. The zero-order valence-corrected chi connectivity index (χ0v) is 11.0. The van der Waals surface area contributed by atoms with E-state index >= 15 is 0 Å². The Bertz CT molecular complexity index is 701. The summed E-state index contributed by atoms with van der Waals surface area (Å²) in [6.07, 6.45) is 0. The molecule has 0 aliphatic rings. The maximum Gasteiger partial charge on any atom is 0.338 e. The van der Waals surface area contributed by atoms with Gasteiger partial charge in [0.05, 0.1) is 5.56 Å². The van der Waals surface area contributed by atoms with E-state index in [1.54, 1.807) is 24.3 Å². The SMILES string of the molecule is NC(=O)c1cccc(NCc2ccc(C(=O)O)c(F)c2)c1. The van der Waals surface area contributed by atoms with Crippen LogP contribution < -0.4 is 11.1 Å². The molecule has 108 valence electrons. The van der Waals surface area contributed by atoms with Crippen molar-refractivity contribution in [2.24, 2.45) is 5.73 Å². The number of nitrogens with two attached hydrogens (primary N) is 1. The first kappa shape index (κ1) is 14.5. The van der Waals surface area contributed by atoms with E-state index in [-0.39, 0.29) is 5.56 Å². The molecule has 0 aromatic heterocycles. The van der Waals surface area contributed by atoms with E-state index in [2.05, 4.69) is 5.32 Å². The summed E-state index contributed by atoms with van der Waals surface area (Å²) in [6, 6.07) is 10.5. The minimum absolute atomic E-state index is 0.291. The molecule has 2 rings (SSSR count). The van der Waals surface area contributed by atoms with E-state index in [1.807, 2.05) is 0 Å². The van der Waals surface area contributed by atoms with Crippen molar-refractivity contribution in [2.45, 2.75) is 6.54 Å². The molecule has 0 spiro atoms. The zero-order valence-electron chi connectivity index (χ0n) is 11.0. The number of nitrogens with one attached hydrogen (secondary N) is 1. The van der Waals surface area contributed by atoms with Crippen molar-refractivity contribution in [3.63, 3.8) is 0 Å². The molecule has 0 bridgehead atoms. The van der Waals surface area contributed by atoms with Crippen molar-refractivity contribution >= 4 is 17.6 Å². The van der Waals surface area contributed by atoms with Gasteiger partial charge < -0.3 is 16.2 Å². The summed E-state index contributed by atoms with van der Waals surface area (Å²) in [7, 11) is 0. The average Bonchev–Trinajstić information content (AvgIpc) is 2.45. The Morgan fingerprint density at radius 1 is 1.19 bits per heavy atom. The summed E-state index contributed by atoms with van der Waals surface area (Å²) in [5.74, 6) is -2.62. The molecular weight excluding hydrogens is 275 g/mol. The van der Waals surface area contributed by atoms with Gasteiger partial charge in [0, 0.05) is 17.8 Å². The molecule has 0 heterocycles. The Morgan fingerprint density at radius 3 is 2.57 bits per heavy atom. The van der Waals surface area contributed by atoms with Crippen molar-refractivity contribution in [3.05, 3.63) is 65.0 Å². The van der Waals surface area contributed by atoms with Crippen LogP contribution >= 0.6 is 0 Å². The van der Waals surface area contributed by atoms with Gasteiger partial charge in [0.15, 0.2) is 0 Å². The molecule has 0 fully saturated rings. The van der Waals surface area contributed by atoms with Crippen LogP contribution in [0.4, 0.5) is 10.1 Å². The number of carboxylic acid groups (broad SMARTS) is 1. The molecule has 6 heteroatoms. The molecule has 0 saturated carbocycles. The van der Waals surface area contributed by atoms with E-state index in [0.717, 1.165) is 6.07 Å². The van der Waals surface area contributed by atoms with Gasteiger partial charge in [0.25, 0.3) is 0 Å². The Labute approximate surface area is 120 Å². The third-order valence-electron chi connectivity index (χ3n) is 2.91. The summed E-state index contributed by atoms with van der Waals surface area (Å²) in [5, 5.41) is 11.8. The van der Waals surface area contributed by atoms with Gasteiger partial charge in [-0.2, -0.15) is 0 Å². The maximum atomic E-state index is 13.5. The minimum Gasteiger partial charge on any atom is -0.478 e. The van der Waals surface area contributed by atoms with Gasteiger partial charge in [0.1, 0.15) is 5.82 Å². The van der Waals surface area contributed by atoms with Gasteiger partial charge in [-0.25, -0.2) is 9.18 Å². The van der Waals surface area contributed by atoms with Crippen LogP contribution in [0.15, 0.2) is 42.5 Å². The second-order valence-electron chi connectivity index (χ2n) is 4.42. The van der Waals surface area contributed by atoms with Crippen LogP contribution in [-0.4, -0.2) is 17.0 Å². The van der Waals surface area contributed by atoms with E-state index in [0.29, 0.717) is 23.4 Å². The topological polar surface area (TPSA) is 92.4 Å². The molecular formula is C15H13FN2O3. The standard InChI is InChI=1S/C15H13FN2O3/c16-13-6-9(4-5-12(13)15(20)21)8-18-11-3-1-2-10(7-11)14(17)19/h1-7,18H,8H2,(H2,17,19)(H,20,21). The number of anilines is 1. The Hall–Kier alpha value is -2.89. The fourth-order valence-corrected chi connectivity index (χ4v) is 1.83. The van der Waals surface area contributed by atoms with E-state index < -0.39 is 17.7 Å². The van der Waals surface area contributed by atoms with Crippen LogP contribution in [0, 0.1) is 5.82 Å². The molecule has 1 amide bonds. The number of primary amides is 1. The van der Waals surface area contributed by atoms with Crippen molar-refractivity contribution in [3.8, 4) is 0 Å². The van der Waals surface area contributed by atoms with Gasteiger partial charge >= 0.3 is 5.97 Å². The van der Waals surface area contributed by atoms with E-state index in [4.69, 9.17) is 10.8 Å². The van der Waals surface area contributed by atoms with E-state index in [1.165, 1.54) is 12.1 Å². The van der Waals surface area contributed by atoms with Crippen LogP contribution in [0.5, 0.6) is 0 Å². The predicted octanol–water partition coefficient (Wildman–Crippen LogP) is 2.23. The highest BCUT2D eigenvalue weighted by Gasteiger charge is 2.10. The molecule has 5 nitrogen and oxygen atoms in total. The fraction of sp³-hybridized carbons (Fsp3) is 0.0667. The number of benzene rings is 2. The summed E-state index contributed by atoms with van der Waals surface area (Å²) in [4.78, 5) is 21.8. The van der Waals surface area contributed by atoms with E-state index in [9.17, 15) is 14.0 Å². The Morgan fingerprint density at radius 2 is 1.95 bits per heavy atom. The molecule has 0 aliphatic carbocycles. The molecule has 21 heavy (non-hydrogen) atoms. The molecule has 0 saturated heterocycles. The summed E-state index contributed by atoms with van der Waals surface area (Å²) < 4.78 is 13.5. The molecule has 2 aromatic carbocycles. The van der Waals surface area contributed by atoms with Crippen LogP contribution in [0.2, 0.25) is 0 Å². The smallest absolute Gasteiger partial charge is 0.338 e. The molecule has 2 aromatic rings. The Kier molecular flexibility index (Phi) is 4.18. The highest BCUT2D eigenvalue weighted by Crippen LogP contribution is 2.14. The predicted molar refractivity (Wildman–Crippen MR) is 75.6 cm³/mol. The van der Waals surface area contributed by atoms with Gasteiger partial charge in [-0.1, -0.05) is 12.1 Å². The van der Waals surface area contributed by atoms with Gasteiger partial charge in [0.2, 0.25) is 5.91 Å². The highest BCUT2D eigenvalue weighted by atomic mass is 19.1. The van der Waals surface area contributed by atoms with Crippen molar-refractivity contribution in [1.82, 2.24) is 0 Å². The third kappa shape index (κ3) is 3.56. The molecule has 0 radical (unpaired) electrons. The van der Waals surface area contributed by atoms with Gasteiger partial charge in [-0.15, -0.1) is 0 Å². The average molecular weight is 288 g/mol. The summed E-state index contributed by atoms with van der Waals surface area (Å²) in [6.45, 7) is 0.291. The second kappa shape index (κ2) is 6.04.